The van der Waals surface area contributed by atoms with Gasteiger partial charge >= 0.3 is 0 Å². The third-order valence-electron chi connectivity index (χ3n) is 4.35. The van der Waals surface area contributed by atoms with Crippen LogP contribution in [-0.2, 0) is 11.2 Å². The summed E-state index contributed by atoms with van der Waals surface area (Å²) < 4.78 is 1.17. The van der Waals surface area contributed by atoms with Crippen LogP contribution in [0, 0.1) is 0 Å². The number of nitrogens with one attached hydrogen (secondary N) is 1. The highest BCUT2D eigenvalue weighted by Gasteiger charge is 2.18. The molecule has 3 rings (SSSR count). The SMILES string of the molecule is C[C@H](c1nc2ccccc2s1)N(C)CC(=O)NCCc1cccc(Cl)c1. The maximum Gasteiger partial charge on any atom is 0.234 e. The summed E-state index contributed by atoms with van der Waals surface area (Å²) in [5.41, 5.74) is 2.13. The van der Waals surface area contributed by atoms with Crippen molar-refractivity contribution in [2.75, 3.05) is 20.1 Å². The molecule has 6 heteroatoms. The number of nitrogens with zero attached hydrogens (tertiary/aromatic N) is 2. The van der Waals surface area contributed by atoms with Crippen LogP contribution in [0.15, 0.2) is 48.5 Å². The topological polar surface area (TPSA) is 45.2 Å². The molecule has 0 aliphatic carbocycles. The first-order chi connectivity index (χ1) is 12.5. The summed E-state index contributed by atoms with van der Waals surface area (Å²) in [5, 5.41) is 4.72. The molecule has 2 aromatic carbocycles. The van der Waals surface area contributed by atoms with Crippen LogP contribution >= 0.6 is 22.9 Å². The van der Waals surface area contributed by atoms with Crippen LogP contribution in [0.5, 0.6) is 0 Å². The Labute approximate surface area is 162 Å². The zero-order valence-electron chi connectivity index (χ0n) is 14.9. The second-order valence-corrected chi connectivity index (χ2v) is 7.84. The molecule has 0 spiro atoms. The van der Waals surface area contributed by atoms with Gasteiger partial charge in [0.1, 0.15) is 5.01 Å². The maximum atomic E-state index is 12.2. The number of aromatic nitrogens is 1. The van der Waals surface area contributed by atoms with E-state index in [9.17, 15) is 4.79 Å². The second-order valence-electron chi connectivity index (χ2n) is 6.34. The zero-order chi connectivity index (χ0) is 18.5. The van der Waals surface area contributed by atoms with Gasteiger partial charge in [-0.25, -0.2) is 4.98 Å². The van der Waals surface area contributed by atoms with Crippen LogP contribution in [0.4, 0.5) is 0 Å². The Bertz CT molecular complexity index is 862. The van der Waals surface area contributed by atoms with Gasteiger partial charge in [0.25, 0.3) is 0 Å². The van der Waals surface area contributed by atoms with Crippen LogP contribution in [-0.4, -0.2) is 35.9 Å². The zero-order valence-corrected chi connectivity index (χ0v) is 16.5. The minimum atomic E-state index is 0.0162. The van der Waals surface area contributed by atoms with Gasteiger partial charge < -0.3 is 5.32 Å². The summed E-state index contributed by atoms with van der Waals surface area (Å²) in [5.74, 6) is 0.0162. The van der Waals surface area contributed by atoms with E-state index in [4.69, 9.17) is 11.6 Å². The van der Waals surface area contributed by atoms with E-state index in [1.165, 1.54) is 4.70 Å². The first-order valence-electron chi connectivity index (χ1n) is 8.60. The number of fused-ring (bicyclic) bond motifs is 1. The minimum Gasteiger partial charge on any atom is -0.355 e. The van der Waals surface area contributed by atoms with Crippen molar-refractivity contribution in [1.82, 2.24) is 15.2 Å². The van der Waals surface area contributed by atoms with Crippen molar-refractivity contribution in [2.45, 2.75) is 19.4 Å². The van der Waals surface area contributed by atoms with E-state index in [0.717, 1.165) is 27.5 Å². The van der Waals surface area contributed by atoms with Gasteiger partial charge in [-0.05, 0) is 50.2 Å². The molecule has 0 saturated heterocycles. The van der Waals surface area contributed by atoms with Crippen LogP contribution in [0.3, 0.4) is 0 Å². The van der Waals surface area contributed by atoms with Gasteiger partial charge in [-0.3, -0.25) is 9.69 Å². The van der Waals surface area contributed by atoms with E-state index in [2.05, 4.69) is 23.3 Å². The van der Waals surface area contributed by atoms with Gasteiger partial charge in [0.2, 0.25) is 5.91 Å². The molecule has 0 aliphatic heterocycles. The van der Waals surface area contributed by atoms with E-state index < -0.39 is 0 Å². The van der Waals surface area contributed by atoms with Crippen LogP contribution in [0.1, 0.15) is 23.5 Å². The Morgan fingerprint density at radius 3 is 2.85 bits per heavy atom. The van der Waals surface area contributed by atoms with E-state index in [1.54, 1.807) is 11.3 Å². The molecule has 1 aromatic heterocycles. The van der Waals surface area contributed by atoms with Crippen molar-refractivity contribution in [1.29, 1.82) is 0 Å². The van der Waals surface area contributed by atoms with Gasteiger partial charge in [0.15, 0.2) is 0 Å². The maximum absolute atomic E-state index is 12.2. The number of carbonyl (C=O) groups excluding carboxylic acids is 1. The van der Waals surface area contributed by atoms with E-state index in [-0.39, 0.29) is 11.9 Å². The summed E-state index contributed by atoms with van der Waals surface area (Å²) in [6.07, 6.45) is 0.767. The summed E-state index contributed by atoms with van der Waals surface area (Å²) in [4.78, 5) is 18.9. The highest BCUT2D eigenvalue weighted by atomic mass is 35.5. The quantitative estimate of drug-likeness (QED) is 0.657. The van der Waals surface area contributed by atoms with E-state index in [1.807, 2.05) is 54.4 Å². The number of carbonyl (C=O) groups is 1. The molecule has 0 bridgehead atoms. The molecule has 1 amide bonds. The second kappa shape index (κ2) is 8.62. The number of para-hydroxylation sites is 1. The van der Waals surface area contributed by atoms with Gasteiger partial charge in [0, 0.05) is 11.6 Å². The Balaban J connectivity index is 1.50. The number of rotatable bonds is 7. The van der Waals surface area contributed by atoms with Gasteiger partial charge in [-0.2, -0.15) is 0 Å². The number of thiazole rings is 1. The lowest BCUT2D eigenvalue weighted by atomic mass is 10.1. The molecule has 0 radical (unpaired) electrons. The van der Waals surface area contributed by atoms with Crippen molar-refractivity contribution in [3.05, 3.63) is 64.1 Å². The smallest absolute Gasteiger partial charge is 0.234 e. The molecule has 1 heterocycles. The Hall–Kier alpha value is -1.95. The lowest BCUT2D eigenvalue weighted by molar-refractivity contribution is -0.122. The number of halogens is 1. The van der Waals surface area contributed by atoms with Gasteiger partial charge in [0.05, 0.1) is 22.8 Å². The number of benzene rings is 2. The molecule has 0 aliphatic rings. The van der Waals surface area contributed by atoms with E-state index in [0.29, 0.717) is 13.1 Å². The van der Waals surface area contributed by atoms with Gasteiger partial charge in [-0.1, -0.05) is 35.9 Å². The molecule has 4 nitrogen and oxygen atoms in total. The molecule has 3 aromatic rings. The Morgan fingerprint density at radius 1 is 1.27 bits per heavy atom. The third-order valence-corrected chi connectivity index (χ3v) is 5.79. The van der Waals surface area contributed by atoms with Crippen LogP contribution in [0.25, 0.3) is 10.2 Å². The fourth-order valence-corrected chi connectivity index (χ4v) is 4.01. The standard InChI is InChI=1S/C20H22ClN3OS/c1-14(20-23-17-8-3-4-9-18(17)26-20)24(2)13-19(25)22-11-10-15-6-5-7-16(21)12-15/h3-9,12,14H,10-11,13H2,1-2H3,(H,22,25)/t14-/m1/s1. The lowest BCUT2D eigenvalue weighted by Gasteiger charge is -2.22. The average molecular weight is 388 g/mol. The summed E-state index contributed by atoms with van der Waals surface area (Å²) in [7, 11) is 1.95. The number of likely N-dealkylation sites (N-methyl/N-ethyl adjacent to an activating group) is 1. The van der Waals surface area contributed by atoms with Crippen molar-refractivity contribution >= 4 is 39.1 Å². The summed E-state index contributed by atoms with van der Waals surface area (Å²) in [6, 6.07) is 15.9. The molecule has 136 valence electrons. The largest absolute Gasteiger partial charge is 0.355 e. The summed E-state index contributed by atoms with van der Waals surface area (Å²) in [6.45, 7) is 3.02. The monoisotopic (exact) mass is 387 g/mol. The molecular formula is C20H22ClN3OS. The highest BCUT2D eigenvalue weighted by Crippen LogP contribution is 2.28. The molecule has 1 N–H and O–H groups in total. The lowest BCUT2D eigenvalue weighted by Crippen LogP contribution is -2.37. The van der Waals surface area contributed by atoms with Crippen LogP contribution < -0.4 is 5.32 Å². The molecule has 26 heavy (non-hydrogen) atoms. The van der Waals surface area contributed by atoms with Crippen molar-refractivity contribution in [3.63, 3.8) is 0 Å². The van der Waals surface area contributed by atoms with Crippen molar-refractivity contribution < 1.29 is 4.79 Å². The highest BCUT2D eigenvalue weighted by molar-refractivity contribution is 7.18. The first kappa shape index (κ1) is 18.8. The Morgan fingerprint density at radius 2 is 2.08 bits per heavy atom. The summed E-state index contributed by atoms with van der Waals surface area (Å²) >= 11 is 7.66. The minimum absolute atomic E-state index is 0.0162. The number of hydrogen-bond acceptors (Lipinski definition) is 4. The molecule has 0 saturated carbocycles. The first-order valence-corrected chi connectivity index (χ1v) is 9.79. The normalized spacial score (nSPS) is 12.5. The van der Waals surface area contributed by atoms with Crippen molar-refractivity contribution in [3.8, 4) is 0 Å². The van der Waals surface area contributed by atoms with Crippen LogP contribution in [0.2, 0.25) is 5.02 Å². The fourth-order valence-electron chi connectivity index (χ4n) is 2.72. The third kappa shape index (κ3) is 4.81. The average Bonchev–Trinajstić information content (AvgIpc) is 3.05. The fraction of sp³-hybridized carbons (Fsp3) is 0.300. The predicted octanol–water partition coefficient (Wildman–Crippen LogP) is 4.30. The molecule has 0 fully saturated rings. The Kier molecular flexibility index (Phi) is 6.25. The molecular weight excluding hydrogens is 366 g/mol. The molecule has 1 atom stereocenters. The molecule has 0 unspecified atom stereocenters. The predicted molar refractivity (Wildman–Crippen MR) is 109 cm³/mol. The number of amides is 1. The van der Waals surface area contributed by atoms with Crippen molar-refractivity contribution in [2.24, 2.45) is 0 Å². The number of hydrogen-bond donors (Lipinski definition) is 1. The van der Waals surface area contributed by atoms with Gasteiger partial charge in [-0.15, -0.1) is 11.3 Å². The van der Waals surface area contributed by atoms with E-state index >= 15 is 0 Å².